The van der Waals surface area contributed by atoms with Gasteiger partial charge in [-0.2, -0.15) is 0 Å². The molecule has 1 atom stereocenters. The van der Waals surface area contributed by atoms with Crippen molar-refractivity contribution in [1.29, 1.82) is 0 Å². The van der Waals surface area contributed by atoms with Crippen LogP contribution in [0.2, 0.25) is 0 Å². The number of rotatable bonds is 9. The molecule has 3 aliphatic carbocycles. The predicted molar refractivity (Wildman–Crippen MR) is 312 cm³/mol. The summed E-state index contributed by atoms with van der Waals surface area (Å²) in [7, 11) is 0. The van der Waals surface area contributed by atoms with Crippen LogP contribution >= 0.6 is 0 Å². The first kappa shape index (κ1) is 44.2. The molecule has 0 heterocycles. The fourth-order valence-corrected chi connectivity index (χ4v) is 13.0. The van der Waals surface area contributed by atoms with Crippen LogP contribution < -0.4 is 20.2 Å². The highest BCUT2D eigenvalue weighted by Gasteiger charge is 2.48. The van der Waals surface area contributed by atoms with Crippen molar-refractivity contribution in [2.24, 2.45) is 0 Å². The van der Waals surface area contributed by atoms with Gasteiger partial charge in [-0.05, 0) is 151 Å². The average Bonchev–Trinajstić information content (AvgIpc) is 4.16. The van der Waals surface area contributed by atoms with Gasteiger partial charge in [-0.1, -0.05) is 231 Å². The lowest BCUT2D eigenvalue weighted by Crippen LogP contribution is -2.31. The Morgan fingerprint density at radius 2 is 0.733 bits per heavy atom. The van der Waals surface area contributed by atoms with Crippen molar-refractivity contribution in [3.63, 3.8) is 0 Å². The molecular weight excluding hydrogens is 905 g/mol. The van der Waals surface area contributed by atoms with Gasteiger partial charge in [0.25, 0.3) is 0 Å². The minimum Gasteiger partial charge on any atom is -0.314 e. The predicted octanol–water partition coefficient (Wildman–Crippen LogP) is 16.7. The molecule has 14 rings (SSSR count). The van der Waals surface area contributed by atoms with Crippen LogP contribution in [0.25, 0.3) is 39.6 Å². The van der Waals surface area contributed by atoms with Crippen molar-refractivity contribution in [3.05, 3.63) is 346 Å². The molecule has 2 nitrogen and oxygen atoms in total. The van der Waals surface area contributed by atoms with E-state index in [0.29, 0.717) is 0 Å². The van der Waals surface area contributed by atoms with Gasteiger partial charge in [-0.3, -0.25) is 0 Å². The molecule has 0 aliphatic heterocycles. The first-order valence-corrected chi connectivity index (χ1v) is 26.1. The minimum atomic E-state index is -0.492. The van der Waals surface area contributed by atoms with Crippen molar-refractivity contribution in [3.8, 4) is 22.3 Å². The standard InChI is InChI=1S/C73H52N2/c1-51(74(56-30-11-4-12-31-56)57-32-13-5-14-33-57)61-36-18-17-25-52(61)47-53-50-72(67-40-22-19-37-62(53)67)68-41-23-20-38-63(68)65-48-59(43-45-69(65)72)75(58-34-15-6-16-35-58)60-44-46-71-66(49-60)64-39-21-24-42-70(64)73(71,54-26-7-2-8-27-54)55-28-9-3-10-29-55/h2-50H,1H3/b52-47-,61-51+. The summed E-state index contributed by atoms with van der Waals surface area (Å²) in [6, 6.07) is 105. The summed E-state index contributed by atoms with van der Waals surface area (Å²) >= 11 is 0. The lowest BCUT2D eigenvalue weighted by molar-refractivity contribution is 0.768. The quantitative estimate of drug-likeness (QED) is 0.142. The zero-order chi connectivity index (χ0) is 49.9. The second-order valence-electron chi connectivity index (χ2n) is 20.0. The van der Waals surface area contributed by atoms with Crippen LogP contribution in [0.4, 0.5) is 28.4 Å². The van der Waals surface area contributed by atoms with Crippen LogP contribution in [-0.2, 0) is 10.8 Å². The molecule has 0 N–H and O–H groups in total. The Morgan fingerprint density at radius 3 is 1.32 bits per heavy atom. The molecule has 75 heavy (non-hydrogen) atoms. The molecule has 11 aromatic carbocycles. The second kappa shape index (κ2) is 17.9. The third kappa shape index (κ3) is 6.87. The molecule has 1 unspecified atom stereocenters. The molecule has 0 bridgehead atoms. The average molecular weight is 957 g/mol. The molecule has 11 aromatic rings. The lowest BCUT2D eigenvalue weighted by atomic mass is 9.68. The Bertz CT molecular complexity index is 4050. The number of benzene rings is 11. The highest BCUT2D eigenvalue weighted by atomic mass is 15.1. The van der Waals surface area contributed by atoms with Gasteiger partial charge in [-0.15, -0.1) is 0 Å². The molecule has 0 aromatic heterocycles. The number of hydrogen-bond acceptors (Lipinski definition) is 2. The summed E-state index contributed by atoms with van der Waals surface area (Å²) in [5, 5.41) is 2.36. The third-order valence-corrected chi connectivity index (χ3v) is 16.1. The van der Waals surface area contributed by atoms with Crippen LogP contribution in [0.15, 0.2) is 291 Å². The number of allylic oxidation sites excluding steroid dienone is 2. The third-order valence-electron chi connectivity index (χ3n) is 16.1. The van der Waals surface area contributed by atoms with Gasteiger partial charge >= 0.3 is 0 Å². The Labute approximate surface area is 439 Å². The molecule has 2 heteroatoms. The number of nitrogens with zero attached hydrogens (tertiary/aromatic N) is 2. The van der Waals surface area contributed by atoms with E-state index in [1.54, 1.807) is 0 Å². The van der Waals surface area contributed by atoms with Crippen molar-refractivity contribution in [1.82, 2.24) is 0 Å². The van der Waals surface area contributed by atoms with E-state index in [0.717, 1.165) is 34.1 Å². The first-order valence-electron chi connectivity index (χ1n) is 26.1. The van der Waals surface area contributed by atoms with Crippen LogP contribution in [0.1, 0.15) is 51.4 Å². The van der Waals surface area contributed by atoms with E-state index in [4.69, 9.17) is 0 Å². The molecular formula is C73H52N2. The first-order chi connectivity index (χ1) is 37.1. The number of para-hydroxylation sites is 3. The molecule has 354 valence electrons. The van der Waals surface area contributed by atoms with Crippen LogP contribution in [-0.4, -0.2) is 0 Å². The Kier molecular flexibility index (Phi) is 10.6. The largest absolute Gasteiger partial charge is 0.314 e. The Hall–Kier alpha value is -9.50. The zero-order valence-electron chi connectivity index (χ0n) is 41.7. The van der Waals surface area contributed by atoms with E-state index >= 15 is 0 Å². The number of anilines is 5. The zero-order valence-corrected chi connectivity index (χ0v) is 41.7. The van der Waals surface area contributed by atoms with Gasteiger partial charge in [0, 0.05) is 39.4 Å². The topological polar surface area (TPSA) is 6.48 Å². The minimum absolute atomic E-state index is 0.471. The van der Waals surface area contributed by atoms with E-state index in [-0.39, 0.29) is 0 Å². The molecule has 0 radical (unpaired) electrons. The fraction of sp³-hybridized carbons (Fsp3) is 0.0411. The Morgan fingerprint density at radius 1 is 0.333 bits per heavy atom. The summed E-state index contributed by atoms with van der Waals surface area (Å²) in [5.74, 6) is 0. The van der Waals surface area contributed by atoms with E-state index < -0.39 is 10.8 Å². The van der Waals surface area contributed by atoms with Crippen LogP contribution in [0, 0.1) is 0 Å². The van der Waals surface area contributed by atoms with Crippen molar-refractivity contribution in [2.45, 2.75) is 17.8 Å². The summed E-state index contributed by atoms with van der Waals surface area (Å²) in [5.41, 5.74) is 22.3. The summed E-state index contributed by atoms with van der Waals surface area (Å²) in [6.07, 6.45) is 4.97. The van der Waals surface area contributed by atoms with E-state index in [1.807, 2.05) is 0 Å². The van der Waals surface area contributed by atoms with Crippen molar-refractivity contribution < 1.29 is 0 Å². The fourth-order valence-electron chi connectivity index (χ4n) is 13.0. The second-order valence-corrected chi connectivity index (χ2v) is 20.0. The highest BCUT2D eigenvalue weighted by molar-refractivity contribution is 6.01. The van der Waals surface area contributed by atoms with E-state index in [2.05, 4.69) is 314 Å². The number of fused-ring (bicyclic) bond motifs is 10. The summed E-state index contributed by atoms with van der Waals surface area (Å²) in [4.78, 5) is 4.82. The van der Waals surface area contributed by atoms with Crippen molar-refractivity contribution >= 4 is 45.8 Å². The van der Waals surface area contributed by atoms with Gasteiger partial charge in [0.1, 0.15) is 0 Å². The highest BCUT2D eigenvalue weighted by Crippen LogP contribution is 2.60. The SMILES string of the molecule is C/C(=c1/cccc/c1=C/C1=CC2(c3ccccc31)c1ccccc1-c1cc(N(c3ccccc3)c3ccc4c(c3)-c3ccccc3C4(c3ccccc3)c3ccccc3)ccc12)N(c1ccccc1)c1ccccc1. The van der Waals surface area contributed by atoms with Crippen LogP contribution in [0.5, 0.6) is 0 Å². The smallest absolute Gasteiger partial charge is 0.0713 e. The maximum Gasteiger partial charge on any atom is 0.0713 e. The van der Waals surface area contributed by atoms with E-state index in [1.165, 1.54) is 82.8 Å². The molecule has 1 spiro atoms. The summed E-state index contributed by atoms with van der Waals surface area (Å²) in [6.45, 7) is 2.25. The maximum atomic E-state index is 2.55. The van der Waals surface area contributed by atoms with Gasteiger partial charge in [0.05, 0.1) is 10.8 Å². The molecule has 0 amide bonds. The van der Waals surface area contributed by atoms with Crippen LogP contribution in [0.3, 0.4) is 0 Å². The van der Waals surface area contributed by atoms with Gasteiger partial charge in [-0.25, -0.2) is 0 Å². The Balaban J connectivity index is 0.941. The van der Waals surface area contributed by atoms with Gasteiger partial charge < -0.3 is 9.80 Å². The number of hydrogen-bond donors (Lipinski definition) is 0. The summed E-state index contributed by atoms with van der Waals surface area (Å²) < 4.78 is 0. The normalized spacial score (nSPS) is 15.8. The molecule has 3 aliphatic rings. The molecule has 0 fully saturated rings. The van der Waals surface area contributed by atoms with Gasteiger partial charge in [0.15, 0.2) is 0 Å². The molecule has 0 saturated carbocycles. The van der Waals surface area contributed by atoms with Gasteiger partial charge in [0.2, 0.25) is 0 Å². The maximum absolute atomic E-state index is 2.55. The molecule has 0 saturated heterocycles. The van der Waals surface area contributed by atoms with Crippen molar-refractivity contribution in [2.75, 3.05) is 9.80 Å². The van der Waals surface area contributed by atoms with E-state index in [9.17, 15) is 0 Å². The lowest BCUT2D eigenvalue weighted by Gasteiger charge is -2.34. The monoisotopic (exact) mass is 956 g/mol.